The van der Waals surface area contributed by atoms with Crippen molar-refractivity contribution in [1.29, 1.82) is 0 Å². The Balaban J connectivity index is 0.00000106. The van der Waals surface area contributed by atoms with Crippen molar-refractivity contribution >= 4 is 28.9 Å². The van der Waals surface area contributed by atoms with Crippen molar-refractivity contribution in [3.63, 3.8) is 0 Å². The molecule has 16 heavy (non-hydrogen) atoms. The lowest BCUT2D eigenvalue weighted by Crippen LogP contribution is -2.09. The summed E-state index contributed by atoms with van der Waals surface area (Å²) in [5.74, 6) is 0. The van der Waals surface area contributed by atoms with Gasteiger partial charge in [-0.15, -0.1) is 0 Å². The maximum Gasteiger partial charge on any atom is 0.418 e. The molecular formula is C10H12Cl2F3N. The van der Waals surface area contributed by atoms with Crippen LogP contribution in [-0.4, -0.2) is 0 Å². The van der Waals surface area contributed by atoms with Gasteiger partial charge in [0.05, 0.1) is 21.3 Å². The molecule has 1 aromatic rings. The minimum absolute atomic E-state index is 0.0376. The van der Waals surface area contributed by atoms with E-state index in [9.17, 15) is 13.2 Å². The monoisotopic (exact) mass is 273 g/mol. The number of nitrogens with two attached hydrogens (primary N) is 1. The highest BCUT2D eigenvalue weighted by Gasteiger charge is 2.36. The van der Waals surface area contributed by atoms with E-state index in [-0.39, 0.29) is 16.3 Å². The molecule has 0 aliphatic carbocycles. The van der Waals surface area contributed by atoms with Crippen molar-refractivity contribution < 1.29 is 13.2 Å². The van der Waals surface area contributed by atoms with Crippen molar-refractivity contribution in [2.45, 2.75) is 26.9 Å². The second-order valence-corrected chi connectivity index (χ2v) is 3.54. The van der Waals surface area contributed by atoms with Crippen LogP contribution < -0.4 is 5.73 Å². The summed E-state index contributed by atoms with van der Waals surface area (Å²) in [6.07, 6.45) is -4.52. The maximum atomic E-state index is 12.4. The summed E-state index contributed by atoms with van der Waals surface area (Å²) in [6.45, 7) is 5.28. The Labute approximate surface area is 102 Å². The number of alkyl halides is 3. The van der Waals surface area contributed by atoms with E-state index in [1.807, 2.05) is 13.8 Å². The molecule has 0 aliphatic heterocycles. The predicted molar refractivity (Wildman–Crippen MR) is 62.0 cm³/mol. The standard InChI is InChI=1S/C8H6Cl2F3N.C2H6/c1-3-2-4(14)6(9)7(10)5(3)8(11,12)13;1-2/h2H,14H2,1H3;1-2H3. The zero-order chi connectivity index (χ0) is 13.1. The highest BCUT2D eigenvalue weighted by atomic mass is 35.5. The minimum Gasteiger partial charge on any atom is -0.397 e. The zero-order valence-electron chi connectivity index (χ0n) is 9.04. The fraction of sp³-hybridized carbons (Fsp3) is 0.400. The van der Waals surface area contributed by atoms with E-state index in [0.29, 0.717) is 0 Å². The van der Waals surface area contributed by atoms with Crippen LogP contribution in [0.4, 0.5) is 18.9 Å². The van der Waals surface area contributed by atoms with E-state index in [0.717, 1.165) is 6.07 Å². The zero-order valence-corrected chi connectivity index (χ0v) is 10.6. The Morgan fingerprint density at radius 2 is 1.56 bits per heavy atom. The molecule has 0 amide bonds. The number of halogens is 5. The molecule has 2 N–H and O–H groups in total. The first-order chi connectivity index (χ1) is 7.25. The van der Waals surface area contributed by atoms with Crippen LogP contribution in [-0.2, 0) is 6.18 Å². The first-order valence-electron chi connectivity index (χ1n) is 4.56. The Bertz CT molecular complexity index is 375. The highest BCUT2D eigenvalue weighted by Crippen LogP contribution is 2.42. The van der Waals surface area contributed by atoms with Gasteiger partial charge >= 0.3 is 6.18 Å². The molecule has 0 saturated carbocycles. The Morgan fingerprint density at radius 3 is 1.94 bits per heavy atom. The third-order valence-electron chi connectivity index (χ3n) is 1.72. The van der Waals surface area contributed by atoms with Crippen molar-refractivity contribution in [3.8, 4) is 0 Å². The summed E-state index contributed by atoms with van der Waals surface area (Å²) in [7, 11) is 0. The average Bonchev–Trinajstić information content (AvgIpc) is 2.15. The highest BCUT2D eigenvalue weighted by molar-refractivity contribution is 6.44. The molecule has 1 aromatic carbocycles. The first-order valence-corrected chi connectivity index (χ1v) is 5.32. The molecule has 1 nitrogen and oxygen atoms in total. The van der Waals surface area contributed by atoms with Crippen molar-refractivity contribution in [1.82, 2.24) is 0 Å². The summed E-state index contributed by atoms with van der Waals surface area (Å²) in [4.78, 5) is 0. The normalized spacial score (nSPS) is 10.8. The van der Waals surface area contributed by atoms with Crippen LogP contribution >= 0.6 is 23.2 Å². The molecule has 0 bridgehead atoms. The largest absolute Gasteiger partial charge is 0.418 e. The lowest BCUT2D eigenvalue weighted by molar-refractivity contribution is -0.137. The predicted octanol–water partition coefficient (Wildman–Crippen LogP) is 4.93. The van der Waals surface area contributed by atoms with Crippen molar-refractivity contribution in [3.05, 3.63) is 27.2 Å². The second kappa shape index (κ2) is 5.64. The van der Waals surface area contributed by atoms with Crippen LogP contribution in [0.3, 0.4) is 0 Å². The maximum absolute atomic E-state index is 12.4. The van der Waals surface area contributed by atoms with E-state index in [2.05, 4.69) is 0 Å². The molecule has 0 aromatic heterocycles. The summed E-state index contributed by atoms with van der Waals surface area (Å²) in [5, 5.41) is -0.804. The Morgan fingerprint density at radius 1 is 1.12 bits per heavy atom. The fourth-order valence-corrected chi connectivity index (χ4v) is 1.64. The summed E-state index contributed by atoms with van der Waals surface area (Å²) in [5.41, 5.74) is 4.42. The minimum atomic E-state index is -4.52. The number of anilines is 1. The Kier molecular flexibility index (Phi) is 5.42. The van der Waals surface area contributed by atoms with Gasteiger partial charge in [-0.3, -0.25) is 0 Å². The second-order valence-electron chi connectivity index (χ2n) is 2.78. The number of aryl methyl sites for hydroxylation is 1. The number of hydrogen-bond donors (Lipinski definition) is 1. The van der Waals surface area contributed by atoms with Gasteiger partial charge in [0.1, 0.15) is 0 Å². The van der Waals surface area contributed by atoms with Crippen LogP contribution in [0.25, 0.3) is 0 Å². The summed E-state index contributed by atoms with van der Waals surface area (Å²) >= 11 is 11.0. The van der Waals surface area contributed by atoms with Crippen molar-refractivity contribution in [2.75, 3.05) is 5.73 Å². The van der Waals surface area contributed by atoms with Gasteiger partial charge in [-0.05, 0) is 18.6 Å². The van der Waals surface area contributed by atoms with Gasteiger partial charge in [0, 0.05) is 0 Å². The van der Waals surface area contributed by atoms with E-state index in [1.54, 1.807) is 0 Å². The molecule has 0 aliphatic rings. The van der Waals surface area contributed by atoms with Gasteiger partial charge in [-0.2, -0.15) is 13.2 Å². The number of nitrogen functional groups attached to an aromatic ring is 1. The van der Waals surface area contributed by atoms with Gasteiger partial charge in [-0.1, -0.05) is 37.0 Å². The van der Waals surface area contributed by atoms with Crippen LogP contribution in [0, 0.1) is 6.92 Å². The van der Waals surface area contributed by atoms with E-state index in [1.165, 1.54) is 6.92 Å². The molecule has 1 rings (SSSR count). The van der Waals surface area contributed by atoms with Crippen LogP contribution in [0.5, 0.6) is 0 Å². The Hall–Kier alpha value is -0.610. The topological polar surface area (TPSA) is 26.0 Å². The molecule has 92 valence electrons. The van der Waals surface area contributed by atoms with E-state index < -0.39 is 16.8 Å². The van der Waals surface area contributed by atoms with Gasteiger partial charge in [-0.25, -0.2) is 0 Å². The number of benzene rings is 1. The molecule has 0 spiro atoms. The molecule has 6 heteroatoms. The molecule has 0 unspecified atom stereocenters. The van der Waals surface area contributed by atoms with Gasteiger partial charge in [0.15, 0.2) is 0 Å². The smallest absolute Gasteiger partial charge is 0.397 e. The van der Waals surface area contributed by atoms with E-state index >= 15 is 0 Å². The lowest BCUT2D eigenvalue weighted by atomic mass is 10.1. The molecule has 0 fully saturated rings. The average molecular weight is 274 g/mol. The number of hydrogen-bond acceptors (Lipinski definition) is 1. The van der Waals surface area contributed by atoms with Gasteiger partial charge < -0.3 is 5.73 Å². The SMILES string of the molecule is CC.Cc1cc(N)c(Cl)c(Cl)c1C(F)(F)F. The summed E-state index contributed by atoms with van der Waals surface area (Å²) < 4.78 is 37.3. The lowest BCUT2D eigenvalue weighted by Gasteiger charge is -2.14. The van der Waals surface area contributed by atoms with Crippen molar-refractivity contribution in [2.24, 2.45) is 0 Å². The van der Waals surface area contributed by atoms with Crippen LogP contribution in [0.2, 0.25) is 10.0 Å². The van der Waals surface area contributed by atoms with Crippen LogP contribution in [0.1, 0.15) is 25.0 Å². The van der Waals surface area contributed by atoms with E-state index in [4.69, 9.17) is 28.9 Å². The first kappa shape index (κ1) is 15.4. The van der Waals surface area contributed by atoms with Gasteiger partial charge in [0.2, 0.25) is 0 Å². The summed E-state index contributed by atoms with van der Waals surface area (Å²) in [6, 6.07) is 1.15. The quantitative estimate of drug-likeness (QED) is 0.667. The van der Waals surface area contributed by atoms with Gasteiger partial charge in [0.25, 0.3) is 0 Å². The molecule has 0 radical (unpaired) electrons. The molecule has 0 heterocycles. The molecular weight excluding hydrogens is 262 g/mol. The number of rotatable bonds is 0. The van der Waals surface area contributed by atoms with Crippen LogP contribution in [0.15, 0.2) is 6.07 Å². The fourth-order valence-electron chi connectivity index (χ4n) is 1.13. The third kappa shape index (κ3) is 3.19. The molecule has 0 saturated heterocycles. The third-order valence-corrected chi connectivity index (χ3v) is 2.60. The molecule has 0 atom stereocenters.